The number of ether oxygens (including phenoxy) is 2. The van der Waals surface area contributed by atoms with Gasteiger partial charge in [-0.15, -0.1) is 0 Å². The lowest BCUT2D eigenvalue weighted by Crippen LogP contribution is -2.33. The van der Waals surface area contributed by atoms with E-state index in [2.05, 4.69) is 5.32 Å². The third-order valence-corrected chi connectivity index (χ3v) is 4.89. The topological polar surface area (TPSA) is 108 Å². The molecule has 152 valence electrons. The minimum atomic E-state index is -3.79. The Morgan fingerprint density at radius 3 is 2.33 bits per heavy atom. The molecule has 1 aromatic rings. The van der Waals surface area contributed by atoms with E-state index in [4.69, 9.17) is 13.7 Å². The average molecular weight is 401 g/mol. The number of carbonyl (C=O) groups is 2. The molecule has 0 bridgehead atoms. The molecular weight excluding hydrogens is 374 g/mol. The Morgan fingerprint density at radius 1 is 1.15 bits per heavy atom. The van der Waals surface area contributed by atoms with Gasteiger partial charge in [0, 0.05) is 13.5 Å². The van der Waals surface area contributed by atoms with Crippen LogP contribution < -0.4 is 10.1 Å². The number of carbonyl (C=O) groups excluding carboxylic acids is 2. The Hall–Kier alpha value is -2.13. The van der Waals surface area contributed by atoms with E-state index in [1.165, 1.54) is 6.92 Å². The van der Waals surface area contributed by atoms with Gasteiger partial charge in [-0.1, -0.05) is 12.1 Å². The number of methoxy groups -OCH3 is 1. The number of esters is 1. The zero-order valence-electron chi connectivity index (χ0n) is 16.1. The zero-order chi connectivity index (χ0) is 20.5. The van der Waals surface area contributed by atoms with E-state index in [0.717, 1.165) is 5.56 Å². The Labute approximate surface area is 160 Å². The quantitative estimate of drug-likeness (QED) is 0.341. The van der Waals surface area contributed by atoms with Crippen LogP contribution in [0.1, 0.15) is 32.8 Å². The number of hydrogen-bond donors (Lipinski definition) is 1. The maximum absolute atomic E-state index is 12.2. The van der Waals surface area contributed by atoms with Gasteiger partial charge in [0.2, 0.25) is 5.91 Å². The molecule has 1 aromatic carbocycles. The van der Waals surface area contributed by atoms with Crippen LogP contribution in [0.25, 0.3) is 0 Å². The highest BCUT2D eigenvalue weighted by molar-refractivity contribution is 7.86. The van der Waals surface area contributed by atoms with Gasteiger partial charge in [-0.2, -0.15) is 8.42 Å². The van der Waals surface area contributed by atoms with Gasteiger partial charge in [0.25, 0.3) is 10.1 Å². The molecular formula is C18H27NO7S. The molecule has 0 spiro atoms. The van der Waals surface area contributed by atoms with Crippen LogP contribution >= 0.6 is 0 Å². The van der Waals surface area contributed by atoms with Crippen LogP contribution in [0.4, 0.5) is 0 Å². The summed E-state index contributed by atoms with van der Waals surface area (Å²) >= 11 is 0. The summed E-state index contributed by atoms with van der Waals surface area (Å²) in [5.74, 6) is -0.340. The van der Waals surface area contributed by atoms with Gasteiger partial charge in [0.15, 0.2) is 0 Å². The standard InChI is InChI=1S/C18H27NO7S/c1-14(20)19-10-5-11-27(22,23)26-13-18(2,3)17(21)25-12-15-6-8-16(24-4)9-7-15/h6-9H,5,10-13H2,1-4H3,(H,19,20). The summed E-state index contributed by atoms with van der Waals surface area (Å²) in [7, 11) is -2.23. The second-order valence-corrected chi connectivity index (χ2v) is 8.43. The van der Waals surface area contributed by atoms with Gasteiger partial charge in [-0.25, -0.2) is 0 Å². The second kappa shape index (κ2) is 10.3. The maximum Gasteiger partial charge on any atom is 0.314 e. The van der Waals surface area contributed by atoms with Gasteiger partial charge in [0.05, 0.1) is 24.9 Å². The van der Waals surface area contributed by atoms with E-state index < -0.39 is 21.5 Å². The van der Waals surface area contributed by atoms with Gasteiger partial charge in [-0.3, -0.25) is 13.8 Å². The number of amides is 1. The van der Waals surface area contributed by atoms with Crippen molar-refractivity contribution in [1.29, 1.82) is 0 Å². The first-order valence-electron chi connectivity index (χ1n) is 8.47. The molecule has 0 unspecified atom stereocenters. The summed E-state index contributed by atoms with van der Waals surface area (Å²) in [5.41, 5.74) is -0.344. The van der Waals surface area contributed by atoms with E-state index in [0.29, 0.717) is 5.75 Å². The van der Waals surface area contributed by atoms with Crippen molar-refractivity contribution in [2.75, 3.05) is 26.0 Å². The molecule has 0 aliphatic heterocycles. The summed E-state index contributed by atoms with van der Waals surface area (Å²) in [6, 6.07) is 7.06. The highest BCUT2D eigenvalue weighted by Crippen LogP contribution is 2.21. The second-order valence-electron chi connectivity index (χ2n) is 6.67. The fraction of sp³-hybridized carbons (Fsp3) is 0.556. The molecule has 0 aliphatic rings. The number of hydrogen-bond acceptors (Lipinski definition) is 7. The Bertz CT molecular complexity index is 727. The molecule has 0 radical (unpaired) electrons. The Morgan fingerprint density at radius 2 is 1.78 bits per heavy atom. The summed E-state index contributed by atoms with van der Waals surface area (Å²) < 4.78 is 39.0. The fourth-order valence-corrected chi connectivity index (χ4v) is 3.02. The minimum absolute atomic E-state index is 0.0652. The Balaban J connectivity index is 2.45. The fourth-order valence-electron chi connectivity index (χ4n) is 1.93. The van der Waals surface area contributed by atoms with Crippen LogP contribution in [0.15, 0.2) is 24.3 Å². The molecule has 9 heteroatoms. The van der Waals surface area contributed by atoms with Crippen molar-refractivity contribution in [3.8, 4) is 5.75 Å². The minimum Gasteiger partial charge on any atom is -0.497 e. The van der Waals surface area contributed by atoms with Crippen LogP contribution in [0.2, 0.25) is 0 Å². The molecule has 0 aromatic heterocycles. The SMILES string of the molecule is COc1ccc(COC(=O)C(C)(C)COS(=O)(=O)CCCNC(C)=O)cc1. The molecule has 8 nitrogen and oxygen atoms in total. The van der Waals surface area contributed by atoms with E-state index >= 15 is 0 Å². The third kappa shape index (κ3) is 8.87. The normalized spacial score (nSPS) is 11.7. The molecule has 0 aliphatic carbocycles. The Kier molecular flexibility index (Phi) is 8.71. The number of benzene rings is 1. The summed E-state index contributed by atoms with van der Waals surface area (Å²) in [4.78, 5) is 23.0. The molecule has 0 saturated carbocycles. The average Bonchev–Trinajstić information content (AvgIpc) is 2.62. The maximum atomic E-state index is 12.2. The van der Waals surface area contributed by atoms with E-state index in [-0.39, 0.29) is 37.8 Å². The van der Waals surface area contributed by atoms with E-state index in [1.807, 2.05) is 0 Å². The summed E-state index contributed by atoms with van der Waals surface area (Å²) in [5, 5.41) is 2.51. The smallest absolute Gasteiger partial charge is 0.314 e. The van der Waals surface area contributed by atoms with Gasteiger partial charge < -0.3 is 14.8 Å². The van der Waals surface area contributed by atoms with Crippen molar-refractivity contribution >= 4 is 22.0 Å². The molecule has 0 atom stereocenters. The first-order valence-corrected chi connectivity index (χ1v) is 10.1. The predicted octanol–water partition coefficient (Wildman–Crippen LogP) is 1.64. The van der Waals surface area contributed by atoms with E-state index in [9.17, 15) is 18.0 Å². The lowest BCUT2D eigenvalue weighted by molar-refractivity contribution is -0.156. The van der Waals surface area contributed by atoms with Crippen molar-refractivity contribution in [2.24, 2.45) is 5.41 Å². The monoisotopic (exact) mass is 401 g/mol. The molecule has 1 rings (SSSR count). The van der Waals surface area contributed by atoms with Gasteiger partial charge in [0.1, 0.15) is 12.4 Å². The number of rotatable bonds is 11. The third-order valence-electron chi connectivity index (χ3n) is 3.63. The molecule has 0 saturated heterocycles. The summed E-state index contributed by atoms with van der Waals surface area (Å²) in [6.45, 7) is 4.44. The number of nitrogens with one attached hydrogen (secondary N) is 1. The first-order chi connectivity index (χ1) is 12.6. The molecule has 27 heavy (non-hydrogen) atoms. The first kappa shape index (κ1) is 22.9. The lowest BCUT2D eigenvalue weighted by Gasteiger charge is -2.22. The largest absolute Gasteiger partial charge is 0.497 e. The predicted molar refractivity (Wildman–Crippen MR) is 99.6 cm³/mol. The van der Waals surface area contributed by atoms with E-state index in [1.54, 1.807) is 45.2 Å². The molecule has 0 fully saturated rings. The van der Waals surface area contributed by atoms with Crippen LogP contribution in [0.5, 0.6) is 5.75 Å². The van der Waals surface area contributed by atoms with Crippen LogP contribution in [-0.2, 0) is 35.2 Å². The highest BCUT2D eigenvalue weighted by atomic mass is 32.2. The van der Waals surface area contributed by atoms with Gasteiger partial charge >= 0.3 is 5.97 Å². The highest BCUT2D eigenvalue weighted by Gasteiger charge is 2.32. The molecule has 0 heterocycles. The van der Waals surface area contributed by atoms with Crippen LogP contribution in [0, 0.1) is 5.41 Å². The van der Waals surface area contributed by atoms with Crippen LogP contribution in [0.3, 0.4) is 0 Å². The van der Waals surface area contributed by atoms with Crippen molar-refractivity contribution in [3.05, 3.63) is 29.8 Å². The van der Waals surface area contributed by atoms with Crippen molar-refractivity contribution in [1.82, 2.24) is 5.32 Å². The van der Waals surface area contributed by atoms with Gasteiger partial charge in [-0.05, 0) is 38.0 Å². The molecule has 1 N–H and O–H groups in total. The summed E-state index contributed by atoms with van der Waals surface area (Å²) in [6.07, 6.45) is 0.226. The zero-order valence-corrected chi connectivity index (χ0v) is 16.9. The van der Waals surface area contributed by atoms with Crippen molar-refractivity contribution < 1.29 is 31.7 Å². The lowest BCUT2D eigenvalue weighted by atomic mass is 9.95. The molecule has 1 amide bonds. The van der Waals surface area contributed by atoms with Crippen LogP contribution in [-0.4, -0.2) is 46.3 Å². The van der Waals surface area contributed by atoms with Crippen molar-refractivity contribution in [3.63, 3.8) is 0 Å². The van der Waals surface area contributed by atoms with Crippen molar-refractivity contribution in [2.45, 2.75) is 33.8 Å².